The van der Waals surface area contributed by atoms with Crippen LogP contribution in [0.25, 0.3) is 0 Å². The van der Waals surface area contributed by atoms with E-state index in [1.165, 1.54) is 6.07 Å². The second kappa shape index (κ2) is 9.69. The van der Waals surface area contributed by atoms with Crippen LogP contribution in [0.1, 0.15) is 23.6 Å². The number of rotatable bonds is 5. The number of amides is 3. The number of hydrogen-bond donors (Lipinski definition) is 0. The van der Waals surface area contributed by atoms with Gasteiger partial charge in [-0.15, -0.1) is 0 Å². The van der Waals surface area contributed by atoms with Gasteiger partial charge in [0.25, 0.3) is 5.91 Å². The molecule has 0 aliphatic carbocycles. The van der Waals surface area contributed by atoms with Crippen LogP contribution in [0.3, 0.4) is 0 Å². The van der Waals surface area contributed by atoms with Crippen molar-refractivity contribution in [3.8, 4) is 0 Å². The van der Waals surface area contributed by atoms with Gasteiger partial charge in [0.15, 0.2) is 0 Å². The van der Waals surface area contributed by atoms with Crippen molar-refractivity contribution in [2.24, 2.45) is 0 Å². The molecule has 2 aliphatic heterocycles. The maximum absolute atomic E-state index is 13.7. The van der Waals surface area contributed by atoms with Crippen LogP contribution < -0.4 is 4.90 Å². The Labute approximate surface area is 201 Å². The number of piperazine rings is 1. The quantitative estimate of drug-likeness (QED) is 0.606. The third-order valence-electron chi connectivity index (χ3n) is 6.52. The summed E-state index contributed by atoms with van der Waals surface area (Å²) >= 11 is 0. The number of anilines is 1. The topological polar surface area (TPSA) is 64.2 Å². The molecular weight excluding hydrogens is 461 g/mol. The molecule has 35 heavy (non-hydrogen) atoms. The van der Waals surface area contributed by atoms with Gasteiger partial charge in [-0.05, 0) is 37.9 Å². The number of benzene rings is 2. The monoisotopic (exact) mass is 488 g/mol. The first-order chi connectivity index (χ1) is 16.6. The average molecular weight is 489 g/mol. The van der Waals surface area contributed by atoms with Crippen LogP contribution in [0, 0.1) is 0 Å². The van der Waals surface area contributed by atoms with Crippen LogP contribution in [0.15, 0.2) is 54.6 Å². The number of carbonyl (C=O) groups is 3. The molecule has 2 aromatic rings. The molecule has 10 heteroatoms. The van der Waals surface area contributed by atoms with E-state index >= 15 is 0 Å². The molecule has 2 saturated heterocycles. The number of nitrogens with zero attached hydrogens (tertiary/aromatic N) is 4. The first kappa shape index (κ1) is 24.7. The summed E-state index contributed by atoms with van der Waals surface area (Å²) in [4.78, 5) is 45.8. The molecule has 2 atom stereocenters. The normalized spacial score (nSPS) is 20.1. The third kappa shape index (κ3) is 5.02. The fourth-order valence-corrected chi connectivity index (χ4v) is 4.58. The molecule has 4 rings (SSSR count). The number of carbonyl (C=O) groups excluding carboxylic acids is 3. The van der Waals surface area contributed by atoms with Crippen LogP contribution in [0.4, 0.5) is 18.9 Å². The van der Waals surface area contributed by atoms with Crippen molar-refractivity contribution in [1.82, 2.24) is 14.7 Å². The molecular formula is C25H27F3N4O3. The summed E-state index contributed by atoms with van der Waals surface area (Å²) in [5.74, 6) is -1.19. The van der Waals surface area contributed by atoms with Gasteiger partial charge < -0.3 is 9.80 Å². The number of alkyl halides is 3. The van der Waals surface area contributed by atoms with Gasteiger partial charge in [0, 0.05) is 31.9 Å². The Balaban J connectivity index is 1.54. The number of imide groups is 1. The van der Waals surface area contributed by atoms with Crippen LogP contribution in [0.2, 0.25) is 0 Å². The Hall–Kier alpha value is -3.40. The van der Waals surface area contributed by atoms with Crippen molar-refractivity contribution in [3.05, 3.63) is 65.7 Å². The Morgan fingerprint density at radius 2 is 1.63 bits per heavy atom. The van der Waals surface area contributed by atoms with E-state index in [0.717, 1.165) is 17.0 Å². The number of hydrogen-bond acceptors (Lipinski definition) is 5. The molecule has 2 aromatic carbocycles. The summed E-state index contributed by atoms with van der Waals surface area (Å²) in [6.45, 7) is 1.17. The summed E-state index contributed by atoms with van der Waals surface area (Å²) in [5.41, 5.74) is 0.253. The van der Waals surface area contributed by atoms with E-state index in [4.69, 9.17) is 0 Å². The zero-order chi connectivity index (χ0) is 25.3. The minimum absolute atomic E-state index is 0.00572. The maximum Gasteiger partial charge on any atom is 0.416 e. The van der Waals surface area contributed by atoms with E-state index < -0.39 is 35.6 Å². The lowest BCUT2D eigenvalue weighted by Gasteiger charge is -2.39. The highest BCUT2D eigenvalue weighted by atomic mass is 19.4. The SMILES string of the molecule is CN(C)C1CC(=O)N(C(C(=O)N2CCN(c3cccc(C(F)(F)F)c3)CC2)c2ccccc2)C1=O. The molecule has 0 radical (unpaired) electrons. The molecule has 0 spiro atoms. The van der Waals surface area contributed by atoms with Crippen LogP contribution >= 0.6 is 0 Å². The fourth-order valence-electron chi connectivity index (χ4n) is 4.58. The van der Waals surface area contributed by atoms with Gasteiger partial charge in [-0.25, -0.2) is 0 Å². The van der Waals surface area contributed by atoms with Crippen molar-refractivity contribution in [3.63, 3.8) is 0 Å². The number of halogens is 3. The molecule has 186 valence electrons. The van der Waals surface area contributed by atoms with Crippen LogP contribution in [-0.4, -0.2) is 78.7 Å². The predicted molar refractivity (Wildman–Crippen MR) is 123 cm³/mol. The molecule has 2 unspecified atom stereocenters. The average Bonchev–Trinajstić information content (AvgIpc) is 3.14. The molecule has 0 saturated carbocycles. The minimum atomic E-state index is -4.43. The Morgan fingerprint density at radius 3 is 2.20 bits per heavy atom. The smallest absolute Gasteiger partial charge is 0.368 e. The van der Waals surface area contributed by atoms with E-state index in [-0.39, 0.29) is 25.4 Å². The van der Waals surface area contributed by atoms with Crippen LogP contribution in [0.5, 0.6) is 0 Å². The van der Waals surface area contributed by atoms with Gasteiger partial charge in [0.1, 0.15) is 6.04 Å². The Bertz CT molecular complexity index is 1100. The van der Waals surface area contributed by atoms with Gasteiger partial charge in [0.2, 0.25) is 11.8 Å². The fraction of sp³-hybridized carbons (Fsp3) is 0.400. The summed E-state index contributed by atoms with van der Waals surface area (Å²) in [7, 11) is 3.43. The second-order valence-electron chi connectivity index (χ2n) is 8.96. The molecule has 0 N–H and O–H groups in total. The summed E-state index contributed by atoms with van der Waals surface area (Å²) < 4.78 is 39.3. The lowest BCUT2D eigenvalue weighted by Crippen LogP contribution is -2.53. The van der Waals surface area contributed by atoms with Crippen molar-refractivity contribution in [1.29, 1.82) is 0 Å². The highest BCUT2D eigenvalue weighted by Crippen LogP contribution is 2.33. The zero-order valence-electron chi connectivity index (χ0n) is 19.5. The van der Waals surface area contributed by atoms with Gasteiger partial charge in [-0.1, -0.05) is 36.4 Å². The summed E-state index contributed by atoms with van der Waals surface area (Å²) in [6.07, 6.45) is -4.43. The van der Waals surface area contributed by atoms with Crippen LogP contribution in [-0.2, 0) is 20.6 Å². The van der Waals surface area contributed by atoms with E-state index in [9.17, 15) is 27.6 Å². The summed E-state index contributed by atoms with van der Waals surface area (Å²) in [5, 5.41) is 0. The van der Waals surface area contributed by atoms with Gasteiger partial charge >= 0.3 is 6.18 Å². The van der Waals surface area contributed by atoms with E-state index in [0.29, 0.717) is 24.3 Å². The predicted octanol–water partition coefficient (Wildman–Crippen LogP) is 2.78. The number of likely N-dealkylation sites (tertiary alicyclic amines) is 1. The highest BCUT2D eigenvalue weighted by molar-refractivity contribution is 6.08. The Kier molecular flexibility index (Phi) is 6.84. The molecule has 2 aliphatic rings. The lowest BCUT2D eigenvalue weighted by molar-refractivity contribution is -0.152. The molecule has 2 heterocycles. The maximum atomic E-state index is 13.7. The largest absolute Gasteiger partial charge is 0.416 e. The molecule has 0 aromatic heterocycles. The van der Waals surface area contributed by atoms with Gasteiger partial charge in [-0.3, -0.25) is 24.2 Å². The van der Waals surface area contributed by atoms with Gasteiger partial charge in [0.05, 0.1) is 18.0 Å². The Morgan fingerprint density at radius 1 is 0.971 bits per heavy atom. The van der Waals surface area contributed by atoms with Crippen molar-refractivity contribution in [2.75, 3.05) is 45.2 Å². The minimum Gasteiger partial charge on any atom is -0.368 e. The number of likely N-dealkylation sites (N-methyl/N-ethyl adjacent to an activating group) is 1. The zero-order valence-corrected chi connectivity index (χ0v) is 19.5. The first-order valence-corrected chi connectivity index (χ1v) is 11.4. The van der Waals surface area contributed by atoms with Gasteiger partial charge in [-0.2, -0.15) is 13.2 Å². The molecule has 3 amide bonds. The first-order valence-electron chi connectivity index (χ1n) is 11.4. The van der Waals surface area contributed by atoms with Crippen molar-refractivity contribution in [2.45, 2.75) is 24.7 Å². The van der Waals surface area contributed by atoms with Crippen molar-refractivity contribution < 1.29 is 27.6 Å². The summed E-state index contributed by atoms with van der Waals surface area (Å²) in [6, 6.07) is 12.1. The second-order valence-corrected chi connectivity index (χ2v) is 8.96. The van der Waals surface area contributed by atoms with E-state index in [1.54, 1.807) is 65.2 Å². The highest BCUT2D eigenvalue weighted by Gasteiger charge is 2.47. The third-order valence-corrected chi connectivity index (χ3v) is 6.52. The molecule has 2 fully saturated rings. The molecule has 0 bridgehead atoms. The standard InChI is InChI=1S/C25H27F3N4O3/c1-29(2)20-16-21(33)32(23(20)34)22(17-7-4-3-5-8-17)24(35)31-13-11-30(12-14-31)19-10-6-9-18(15-19)25(26,27)28/h3-10,15,20,22H,11-14,16H2,1-2H3. The lowest BCUT2D eigenvalue weighted by atomic mass is 10.0. The van der Waals surface area contributed by atoms with E-state index in [1.807, 2.05) is 0 Å². The van der Waals surface area contributed by atoms with Crippen molar-refractivity contribution >= 4 is 23.4 Å². The molecule has 7 nitrogen and oxygen atoms in total. The van der Waals surface area contributed by atoms with E-state index in [2.05, 4.69) is 0 Å².